The van der Waals surface area contributed by atoms with Crippen molar-refractivity contribution in [3.63, 3.8) is 0 Å². The van der Waals surface area contributed by atoms with Crippen LogP contribution in [-0.2, 0) is 11.8 Å². The number of ether oxygens (including phenoxy) is 1. The maximum atomic E-state index is 12.5. The van der Waals surface area contributed by atoms with Gasteiger partial charge in [-0.1, -0.05) is 11.6 Å². The topological polar surface area (TPSA) is 67.7 Å². The van der Waals surface area contributed by atoms with Crippen LogP contribution in [0.2, 0.25) is 5.15 Å². The Hall–Kier alpha value is -1.76. The number of aryl methyl sites for hydroxylation is 2. The van der Waals surface area contributed by atoms with Gasteiger partial charge in [-0.05, 0) is 13.8 Å². The molecule has 1 aliphatic rings. The van der Waals surface area contributed by atoms with E-state index >= 15 is 0 Å². The minimum Gasteiger partial charge on any atom is -0.450 e. The van der Waals surface area contributed by atoms with Crippen LogP contribution in [0.3, 0.4) is 0 Å². The van der Waals surface area contributed by atoms with Crippen molar-refractivity contribution in [2.24, 2.45) is 7.05 Å². The second-order valence-electron chi connectivity index (χ2n) is 4.85. The minimum atomic E-state index is -0.333. The van der Waals surface area contributed by atoms with Crippen molar-refractivity contribution in [2.45, 2.75) is 13.8 Å². The number of rotatable bonds is 2. The van der Waals surface area contributed by atoms with Gasteiger partial charge in [-0.3, -0.25) is 9.48 Å². The standard InChI is InChI=1S/C13H19ClN4O3/c1-4-21-13(20)18-7-5-17(6-8-18)12(19)10-9(2)15-16(3)11(10)14/h4-8H2,1-3H3. The summed E-state index contributed by atoms with van der Waals surface area (Å²) in [5.74, 6) is -0.144. The van der Waals surface area contributed by atoms with E-state index in [2.05, 4.69) is 5.10 Å². The highest BCUT2D eigenvalue weighted by Gasteiger charge is 2.29. The molecule has 0 unspecified atom stereocenters. The number of amides is 2. The van der Waals surface area contributed by atoms with Gasteiger partial charge >= 0.3 is 6.09 Å². The molecular weight excluding hydrogens is 296 g/mol. The number of nitrogens with zero attached hydrogens (tertiary/aromatic N) is 4. The summed E-state index contributed by atoms with van der Waals surface area (Å²) in [6, 6.07) is 0. The van der Waals surface area contributed by atoms with E-state index < -0.39 is 0 Å². The largest absolute Gasteiger partial charge is 0.450 e. The Morgan fingerprint density at radius 3 is 2.29 bits per heavy atom. The van der Waals surface area contributed by atoms with Gasteiger partial charge in [-0.2, -0.15) is 5.10 Å². The molecule has 0 aliphatic carbocycles. The SMILES string of the molecule is CCOC(=O)N1CCN(C(=O)c2c(C)nn(C)c2Cl)CC1. The monoisotopic (exact) mass is 314 g/mol. The van der Waals surface area contributed by atoms with Gasteiger partial charge in [0, 0.05) is 33.2 Å². The van der Waals surface area contributed by atoms with Crippen molar-refractivity contribution in [3.05, 3.63) is 16.4 Å². The molecule has 0 spiro atoms. The first kappa shape index (κ1) is 15.6. The molecule has 8 heteroatoms. The predicted molar refractivity (Wildman–Crippen MR) is 77.5 cm³/mol. The van der Waals surface area contributed by atoms with Crippen LogP contribution in [0.1, 0.15) is 23.0 Å². The van der Waals surface area contributed by atoms with Crippen LogP contribution < -0.4 is 0 Å². The second-order valence-corrected chi connectivity index (χ2v) is 5.21. The van der Waals surface area contributed by atoms with Crippen LogP contribution >= 0.6 is 11.6 Å². The zero-order chi connectivity index (χ0) is 15.6. The first-order valence-corrected chi connectivity index (χ1v) is 7.23. The molecule has 1 aromatic rings. The number of piperazine rings is 1. The summed E-state index contributed by atoms with van der Waals surface area (Å²) < 4.78 is 6.44. The lowest BCUT2D eigenvalue weighted by atomic mass is 10.2. The van der Waals surface area contributed by atoms with E-state index in [0.29, 0.717) is 49.2 Å². The summed E-state index contributed by atoms with van der Waals surface area (Å²) in [5.41, 5.74) is 1.05. The van der Waals surface area contributed by atoms with Crippen molar-refractivity contribution in [3.8, 4) is 0 Å². The first-order chi connectivity index (χ1) is 9.95. The number of hydrogen-bond acceptors (Lipinski definition) is 4. The van der Waals surface area contributed by atoms with Crippen LogP contribution in [0.4, 0.5) is 4.79 Å². The van der Waals surface area contributed by atoms with E-state index in [0.717, 1.165) is 0 Å². The third-order valence-electron chi connectivity index (χ3n) is 3.46. The van der Waals surface area contributed by atoms with Gasteiger partial charge in [0.2, 0.25) is 0 Å². The Balaban J connectivity index is 2.02. The Kier molecular flexibility index (Phi) is 4.72. The molecule has 2 heterocycles. The number of carbonyl (C=O) groups excluding carboxylic acids is 2. The van der Waals surface area contributed by atoms with Gasteiger partial charge < -0.3 is 14.5 Å². The highest BCUT2D eigenvalue weighted by molar-refractivity contribution is 6.33. The molecule has 1 aliphatic heterocycles. The lowest BCUT2D eigenvalue weighted by Gasteiger charge is -2.34. The molecule has 0 atom stereocenters. The second kappa shape index (κ2) is 6.34. The summed E-state index contributed by atoms with van der Waals surface area (Å²) in [6.07, 6.45) is -0.333. The number of carbonyl (C=O) groups is 2. The van der Waals surface area contributed by atoms with Crippen LogP contribution in [0.5, 0.6) is 0 Å². The fourth-order valence-corrected chi connectivity index (χ4v) is 2.59. The van der Waals surface area contributed by atoms with Crippen molar-refractivity contribution in [1.82, 2.24) is 19.6 Å². The highest BCUT2D eigenvalue weighted by Crippen LogP contribution is 2.21. The van der Waals surface area contributed by atoms with Crippen molar-refractivity contribution >= 4 is 23.6 Å². The molecule has 1 saturated heterocycles. The average molecular weight is 315 g/mol. The molecule has 7 nitrogen and oxygen atoms in total. The third kappa shape index (κ3) is 3.12. The van der Waals surface area contributed by atoms with Crippen molar-refractivity contribution < 1.29 is 14.3 Å². The third-order valence-corrected chi connectivity index (χ3v) is 3.89. The van der Waals surface area contributed by atoms with Gasteiger partial charge in [0.15, 0.2) is 0 Å². The van der Waals surface area contributed by atoms with Crippen LogP contribution in [-0.4, -0.2) is 64.4 Å². The predicted octanol–water partition coefficient (Wildman–Crippen LogP) is 1.30. The van der Waals surface area contributed by atoms with Crippen LogP contribution in [0, 0.1) is 6.92 Å². The number of halogens is 1. The summed E-state index contributed by atoms with van der Waals surface area (Å²) in [7, 11) is 1.70. The molecular formula is C13H19ClN4O3. The first-order valence-electron chi connectivity index (χ1n) is 6.85. The summed E-state index contributed by atoms with van der Waals surface area (Å²) >= 11 is 6.12. The maximum absolute atomic E-state index is 12.5. The summed E-state index contributed by atoms with van der Waals surface area (Å²) in [4.78, 5) is 27.4. The lowest BCUT2D eigenvalue weighted by Crippen LogP contribution is -2.50. The molecule has 1 fully saturated rings. The van der Waals surface area contributed by atoms with E-state index in [1.54, 1.807) is 30.7 Å². The van der Waals surface area contributed by atoms with Crippen LogP contribution in [0.25, 0.3) is 0 Å². The Morgan fingerprint density at radius 1 is 1.24 bits per heavy atom. The molecule has 2 rings (SSSR count). The normalized spacial score (nSPS) is 15.2. The minimum absolute atomic E-state index is 0.144. The zero-order valence-electron chi connectivity index (χ0n) is 12.4. The quantitative estimate of drug-likeness (QED) is 0.825. The van der Waals surface area contributed by atoms with E-state index in [1.165, 1.54) is 4.68 Å². The fourth-order valence-electron chi connectivity index (χ4n) is 2.34. The number of aromatic nitrogens is 2. The Labute approximate surface area is 128 Å². The summed E-state index contributed by atoms with van der Waals surface area (Å²) in [5, 5.41) is 4.48. The van der Waals surface area contributed by atoms with Crippen molar-refractivity contribution in [2.75, 3.05) is 32.8 Å². The van der Waals surface area contributed by atoms with E-state index in [9.17, 15) is 9.59 Å². The fraction of sp³-hybridized carbons (Fsp3) is 0.615. The van der Waals surface area contributed by atoms with Crippen LogP contribution in [0.15, 0.2) is 0 Å². The Morgan fingerprint density at radius 2 is 1.81 bits per heavy atom. The number of hydrogen-bond donors (Lipinski definition) is 0. The molecule has 2 amide bonds. The maximum Gasteiger partial charge on any atom is 0.409 e. The Bertz CT molecular complexity index is 550. The average Bonchev–Trinajstić information content (AvgIpc) is 2.72. The highest BCUT2D eigenvalue weighted by atomic mass is 35.5. The molecule has 21 heavy (non-hydrogen) atoms. The van der Waals surface area contributed by atoms with Gasteiger partial charge in [-0.25, -0.2) is 4.79 Å². The lowest BCUT2D eigenvalue weighted by molar-refractivity contribution is 0.0570. The van der Waals surface area contributed by atoms with E-state index in [1.807, 2.05) is 0 Å². The van der Waals surface area contributed by atoms with E-state index in [-0.39, 0.29) is 12.0 Å². The molecule has 0 aromatic carbocycles. The van der Waals surface area contributed by atoms with Crippen molar-refractivity contribution in [1.29, 1.82) is 0 Å². The summed E-state index contributed by atoms with van der Waals surface area (Å²) in [6.45, 7) is 5.72. The zero-order valence-corrected chi connectivity index (χ0v) is 13.2. The van der Waals surface area contributed by atoms with E-state index in [4.69, 9.17) is 16.3 Å². The molecule has 0 bridgehead atoms. The van der Waals surface area contributed by atoms with Gasteiger partial charge in [0.25, 0.3) is 5.91 Å². The molecule has 0 radical (unpaired) electrons. The molecule has 116 valence electrons. The van der Waals surface area contributed by atoms with Gasteiger partial charge in [0.05, 0.1) is 17.9 Å². The van der Waals surface area contributed by atoms with Gasteiger partial charge in [-0.15, -0.1) is 0 Å². The van der Waals surface area contributed by atoms with Gasteiger partial charge in [0.1, 0.15) is 5.15 Å². The smallest absolute Gasteiger partial charge is 0.409 e. The molecule has 0 N–H and O–H groups in total. The molecule has 0 saturated carbocycles. The molecule has 1 aromatic heterocycles.